The Labute approximate surface area is 237 Å². The fourth-order valence-corrected chi connectivity index (χ4v) is 6.67. The van der Waals surface area contributed by atoms with E-state index in [0.29, 0.717) is 42.1 Å². The fourth-order valence-electron chi connectivity index (χ4n) is 6.67. The molecule has 2 aromatic carbocycles. The molecular weight excluding hydrogens is 504 g/mol. The first-order valence-corrected chi connectivity index (χ1v) is 14.4. The van der Waals surface area contributed by atoms with Gasteiger partial charge in [0.1, 0.15) is 11.2 Å². The van der Waals surface area contributed by atoms with E-state index in [9.17, 15) is 9.59 Å². The highest BCUT2D eigenvalue weighted by Crippen LogP contribution is 2.37. The summed E-state index contributed by atoms with van der Waals surface area (Å²) in [6.45, 7) is 10.8. The quantitative estimate of drug-likeness (QED) is 0.399. The second-order valence-corrected chi connectivity index (χ2v) is 11.8. The Morgan fingerprint density at radius 3 is 2.52 bits per heavy atom. The Morgan fingerprint density at radius 2 is 1.80 bits per heavy atom. The summed E-state index contributed by atoms with van der Waals surface area (Å²) in [5.74, 6) is 2.24. The van der Waals surface area contributed by atoms with Crippen molar-refractivity contribution in [1.29, 1.82) is 0 Å². The van der Waals surface area contributed by atoms with Gasteiger partial charge >= 0.3 is 0 Å². The second-order valence-electron chi connectivity index (χ2n) is 11.8. The van der Waals surface area contributed by atoms with Gasteiger partial charge in [-0.1, -0.05) is 44.2 Å². The van der Waals surface area contributed by atoms with Gasteiger partial charge in [-0.25, -0.2) is 0 Å². The Hall–Kier alpha value is -3.52. The van der Waals surface area contributed by atoms with Crippen molar-refractivity contribution in [2.75, 3.05) is 40.4 Å². The van der Waals surface area contributed by atoms with E-state index in [2.05, 4.69) is 24.1 Å². The lowest BCUT2D eigenvalue weighted by molar-refractivity contribution is -0.133. The van der Waals surface area contributed by atoms with Crippen molar-refractivity contribution in [3.63, 3.8) is 0 Å². The van der Waals surface area contributed by atoms with E-state index < -0.39 is 5.54 Å². The molecule has 0 spiro atoms. The summed E-state index contributed by atoms with van der Waals surface area (Å²) in [5, 5.41) is 4.17. The van der Waals surface area contributed by atoms with Crippen molar-refractivity contribution in [3.8, 4) is 11.5 Å². The minimum atomic E-state index is -1.10. The number of aromatic nitrogens is 1. The molecule has 3 heterocycles. The Bertz CT molecular complexity index is 1370. The Balaban J connectivity index is 1.40. The van der Waals surface area contributed by atoms with Crippen molar-refractivity contribution in [1.82, 2.24) is 19.7 Å². The van der Waals surface area contributed by atoms with Gasteiger partial charge in [0.25, 0.3) is 5.91 Å². The number of piperidine rings is 1. The van der Waals surface area contributed by atoms with E-state index >= 15 is 0 Å². The van der Waals surface area contributed by atoms with Crippen LogP contribution in [0.5, 0.6) is 11.5 Å². The van der Waals surface area contributed by atoms with Crippen LogP contribution in [0.2, 0.25) is 0 Å². The summed E-state index contributed by atoms with van der Waals surface area (Å²) >= 11 is 0. The molecule has 8 heteroatoms. The number of fused-ring (bicyclic) bond motifs is 3. The third kappa shape index (κ3) is 5.29. The molecule has 0 unspecified atom stereocenters. The molecule has 0 bridgehead atoms. The van der Waals surface area contributed by atoms with Crippen molar-refractivity contribution < 1.29 is 19.1 Å². The van der Waals surface area contributed by atoms with Crippen LogP contribution in [0.25, 0.3) is 10.9 Å². The van der Waals surface area contributed by atoms with Gasteiger partial charge in [0.05, 0.1) is 27.3 Å². The van der Waals surface area contributed by atoms with Crippen molar-refractivity contribution in [3.05, 3.63) is 59.8 Å². The largest absolute Gasteiger partial charge is 0.493 e. The number of hydrogen-bond acceptors (Lipinski definition) is 5. The SMILES string of the molecule is COc1cccc(CN2C(=O)c3cc4ccccc4n3C[C@]2(C)C(=O)NCCCN2C[C@@H](C)C[C@H](C)C2)c1OC. The van der Waals surface area contributed by atoms with Gasteiger partial charge in [-0.05, 0) is 56.3 Å². The minimum Gasteiger partial charge on any atom is -0.493 e. The second kappa shape index (κ2) is 11.5. The molecule has 40 heavy (non-hydrogen) atoms. The number of methoxy groups -OCH3 is 2. The molecule has 0 saturated carbocycles. The smallest absolute Gasteiger partial charge is 0.271 e. The predicted molar refractivity (Wildman–Crippen MR) is 157 cm³/mol. The van der Waals surface area contributed by atoms with Crippen molar-refractivity contribution >= 4 is 22.7 Å². The maximum absolute atomic E-state index is 14.1. The van der Waals surface area contributed by atoms with Crippen LogP contribution in [0.4, 0.5) is 0 Å². The monoisotopic (exact) mass is 546 g/mol. The van der Waals surface area contributed by atoms with Crippen LogP contribution in [0, 0.1) is 11.8 Å². The van der Waals surface area contributed by atoms with Gasteiger partial charge in [0.15, 0.2) is 11.5 Å². The predicted octanol–water partition coefficient (Wildman–Crippen LogP) is 4.56. The average molecular weight is 547 g/mol. The highest BCUT2D eigenvalue weighted by molar-refractivity contribution is 6.03. The number of amides is 2. The van der Waals surface area contributed by atoms with E-state index in [1.807, 2.05) is 60.0 Å². The molecule has 3 atom stereocenters. The summed E-state index contributed by atoms with van der Waals surface area (Å²) in [6.07, 6.45) is 2.15. The van der Waals surface area contributed by atoms with Crippen LogP contribution in [-0.4, -0.2) is 72.1 Å². The van der Waals surface area contributed by atoms with E-state index in [0.717, 1.165) is 42.5 Å². The number of carbonyl (C=O) groups is 2. The maximum atomic E-state index is 14.1. The zero-order valence-electron chi connectivity index (χ0n) is 24.4. The zero-order chi connectivity index (χ0) is 28.4. The first-order valence-electron chi connectivity index (χ1n) is 14.4. The zero-order valence-corrected chi connectivity index (χ0v) is 24.4. The third-order valence-electron chi connectivity index (χ3n) is 8.52. The molecule has 1 saturated heterocycles. The number of likely N-dealkylation sites (tertiary alicyclic amines) is 1. The van der Waals surface area contributed by atoms with E-state index in [1.54, 1.807) is 19.1 Å². The van der Waals surface area contributed by atoms with Gasteiger partial charge < -0.3 is 29.2 Å². The molecule has 2 aliphatic rings. The van der Waals surface area contributed by atoms with Crippen molar-refractivity contribution in [2.45, 2.75) is 52.2 Å². The lowest BCUT2D eigenvalue weighted by Crippen LogP contribution is -2.63. The molecule has 5 rings (SSSR count). The molecule has 8 nitrogen and oxygen atoms in total. The number of ether oxygens (including phenoxy) is 2. The Kier molecular flexibility index (Phi) is 8.08. The number of para-hydroxylation sites is 2. The Morgan fingerprint density at radius 1 is 1.05 bits per heavy atom. The highest BCUT2D eigenvalue weighted by Gasteiger charge is 2.48. The van der Waals surface area contributed by atoms with Gasteiger partial charge in [-0.2, -0.15) is 0 Å². The molecule has 214 valence electrons. The van der Waals surface area contributed by atoms with Crippen LogP contribution in [-0.2, 0) is 17.9 Å². The summed E-state index contributed by atoms with van der Waals surface area (Å²) in [7, 11) is 3.18. The van der Waals surface area contributed by atoms with Crippen molar-refractivity contribution in [2.24, 2.45) is 11.8 Å². The fraction of sp³-hybridized carbons (Fsp3) is 0.500. The number of nitrogens with zero attached hydrogens (tertiary/aromatic N) is 3. The maximum Gasteiger partial charge on any atom is 0.271 e. The van der Waals surface area contributed by atoms with Crippen LogP contribution in [0.3, 0.4) is 0 Å². The first-order chi connectivity index (χ1) is 19.2. The van der Waals surface area contributed by atoms with Gasteiger partial charge in [-0.3, -0.25) is 9.59 Å². The van der Waals surface area contributed by atoms with Gasteiger partial charge in [-0.15, -0.1) is 0 Å². The van der Waals surface area contributed by atoms with Crippen LogP contribution < -0.4 is 14.8 Å². The molecular formula is C32H42N4O4. The summed E-state index contributed by atoms with van der Waals surface area (Å²) in [5.41, 5.74) is 1.22. The molecule has 3 aromatic rings. The molecule has 0 aliphatic carbocycles. The van der Waals surface area contributed by atoms with Crippen LogP contribution in [0.1, 0.15) is 49.7 Å². The van der Waals surface area contributed by atoms with E-state index in [1.165, 1.54) is 6.42 Å². The number of hydrogen-bond donors (Lipinski definition) is 1. The minimum absolute atomic E-state index is 0.147. The third-order valence-corrected chi connectivity index (χ3v) is 8.52. The number of nitrogens with one attached hydrogen (secondary N) is 1. The summed E-state index contributed by atoms with van der Waals surface area (Å²) in [6, 6.07) is 15.5. The standard InChI is InChI=1S/C32H42N4O4/c1-22-16-23(2)19-34(18-22)15-9-14-33-31(38)32(3)21-35-26-12-7-6-10-24(26)17-27(35)30(37)36(32)20-25-11-8-13-28(39-4)29(25)40-5/h6-8,10-13,17,22-23H,9,14-16,18-21H2,1-5H3,(H,33,38)/t22-,23-,32+/m0/s1. The molecule has 1 fully saturated rings. The number of benzene rings is 2. The number of rotatable bonds is 9. The van der Waals surface area contributed by atoms with E-state index in [-0.39, 0.29) is 18.4 Å². The van der Waals surface area contributed by atoms with Crippen LogP contribution in [0.15, 0.2) is 48.5 Å². The summed E-state index contributed by atoms with van der Waals surface area (Å²) in [4.78, 5) is 32.3. The normalized spacial score (nSPS) is 23.2. The topological polar surface area (TPSA) is 76.0 Å². The lowest BCUT2D eigenvalue weighted by Gasteiger charge is -2.44. The summed E-state index contributed by atoms with van der Waals surface area (Å²) < 4.78 is 13.2. The molecule has 2 aliphatic heterocycles. The highest BCUT2D eigenvalue weighted by atomic mass is 16.5. The first kappa shape index (κ1) is 28.0. The average Bonchev–Trinajstić information content (AvgIpc) is 3.30. The number of carbonyl (C=O) groups excluding carboxylic acids is 2. The lowest BCUT2D eigenvalue weighted by atomic mass is 9.92. The molecule has 0 radical (unpaired) electrons. The van der Waals surface area contributed by atoms with Gasteiger partial charge in [0.2, 0.25) is 5.91 Å². The molecule has 1 N–H and O–H groups in total. The molecule has 2 amide bonds. The van der Waals surface area contributed by atoms with Gasteiger partial charge in [0, 0.05) is 36.1 Å². The molecule has 1 aromatic heterocycles. The van der Waals surface area contributed by atoms with E-state index in [4.69, 9.17) is 9.47 Å². The van der Waals surface area contributed by atoms with Crippen LogP contribution >= 0.6 is 0 Å².